The Hall–Kier alpha value is -4.71. The van der Waals surface area contributed by atoms with Gasteiger partial charge in [-0.2, -0.15) is 5.12 Å². The van der Waals surface area contributed by atoms with E-state index >= 15 is 0 Å². The van der Waals surface area contributed by atoms with Crippen molar-refractivity contribution in [3.63, 3.8) is 0 Å². The molecule has 0 spiro atoms. The minimum absolute atomic E-state index is 0.0882. The third-order valence-electron chi connectivity index (χ3n) is 7.56. The van der Waals surface area contributed by atoms with Crippen LogP contribution in [0.1, 0.15) is 16.7 Å². The van der Waals surface area contributed by atoms with Gasteiger partial charge in [-0.25, -0.2) is 15.2 Å². The fourth-order valence-electron chi connectivity index (χ4n) is 5.55. The van der Waals surface area contributed by atoms with E-state index < -0.39 is 18.3 Å². The molecule has 2 aliphatic rings. The second kappa shape index (κ2) is 13.5. The number of methoxy groups -OCH3 is 1. The van der Waals surface area contributed by atoms with Crippen molar-refractivity contribution < 1.29 is 24.2 Å². The summed E-state index contributed by atoms with van der Waals surface area (Å²) >= 11 is 0. The molecule has 11 heteroatoms. The van der Waals surface area contributed by atoms with Gasteiger partial charge in [-0.05, 0) is 41.0 Å². The van der Waals surface area contributed by atoms with Crippen LogP contribution in [0.3, 0.4) is 0 Å². The first kappa shape index (κ1) is 29.8. The maximum atomic E-state index is 14.1. The Bertz CT molecular complexity index is 1450. The third-order valence-corrected chi connectivity index (χ3v) is 7.56. The minimum atomic E-state index is -0.765. The lowest BCUT2D eigenvalue weighted by atomic mass is 9.98. The van der Waals surface area contributed by atoms with E-state index in [2.05, 4.69) is 17.3 Å². The van der Waals surface area contributed by atoms with Gasteiger partial charge in [0, 0.05) is 31.7 Å². The fraction of sp³-hybridized carbons (Fsp3) is 0.281. The van der Waals surface area contributed by atoms with E-state index in [9.17, 15) is 19.5 Å². The number of amides is 3. The number of carbonyl (C=O) groups excluding carboxylic acids is 3. The van der Waals surface area contributed by atoms with Crippen LogP contribution in [-0.2, 0) is 33.8 Å². The van der Waals surface area contributed by atoms with Crippen molar-refractivity contribution in [3.05, 3.63) is 108 Å². The molecule has 2 saturated heterocycles. The number of carbonyl (C=O) groups is 3. The van der Waals surface area contributed by atoms with E-state index in [1.165, 1.54) is 7.11 Å². The molecule has 2 atom stereocenters. The normalized spacial score (nSPS) is 19.2. The van der Waals surface area contributed by atoms with Crippen molar-refractivity contribution in [2.24, 2.45) is 0 Å². The summed E-state index contributed by atoms with van der Waals surface area (Å²) in [5, 5.41) is 16.3. The Morgan fingerprint density at radius 3 is 2.49 bits per heavy atom. The highest BCUT2D eigenvalue weighted by Gasteiger charge is 2.49. The van der Waals surface area contributed by atoms with Gasteiger partial charge in [0.25, 0.3) is 0 Å². The largest absolute Gasteiger partial charge is 0.508 e. The van der Waals surface area contributed by atoms with Gasteiger partial charge in [-0.3, -0.25) is 14.9 Å². The molecule has 2 fully saturated rings. The molecular formula is C32H36N6O5. The van der Waals surface area contributed by atoms with Gasteiger partial charge in [-0.15, -0.1) is 6.58 Å². The fourth-order valence-corrected chi connectivity index (χ4v) is 5.55. The van der Waals surface area contributed by atoms with Crippen LogP contribution in [0.4, 0.5) is 10.5 Å². The van der Waals surface area contributed by atoms with Gasteiger partial charge in [0.05, 0.1) is 20.2 Å². The molecule has 0 saturated carbocycles. The lowest BCUT2D eigenvalue weighted by Crippen LogP contribution is -2.77. The van der Waals surface area contributed by atoms with Gasteiger partial charge < -0.3 is 19.6 Å². The van der Waals surface area contributed by atoms with E-state index in [1.807, 2.05) is 46.5 Å². The number of ether oxygens (including phenoxy) is 1. The summed E-state index contributed by atoms with van der Waals surface area (Å²) in [5.74, 6) is -0.195. The van der Waals surface area contributed by atoms with Crippen molar-refractivity contribution in [1.82, 2.24) is 25.4 Å². The number of fused-ring (bicyclic) bond motifs is 1. The van der Waals surface area contributed by atoms with Crippen LogP contribution >= 0.6 is 0 Å². The molecule has 224 valence electrons. The highest BCUT2D eigenvalue weighted by Crippen LogP contribution is 2.29. The van der Waals surface area contributed by atoms with Crippen LogP contribution in [0.15, 0.2) is 91.5 Å². The molecule has 2 heterocycles. The molecule has 0 unspecified atom stereocenters. The molecule has 2 aliphatic heterocycles. The smallest absolute Gasteiger partial charge is 0.411 e. The zero-order valence-corrected chi connectivity index (χ0v) is 24.1. The topological polar surface area (TPSA) is 118 Å². The number of aromatic hydroxyl groups is 1. The van der Waals surface area contributed by atoms with Crippen LogP contribution < -0.4 is 10.7 Å². The first-order chi connectivity index (χ1) is 20.9. The molecule has 43 heavy (non-hydrogen) atoms. The Labute approximate surface area is 250 Å². The minimum Gasteiger partial charge on any atom is -0.508 e. The number of phenolic OH excluding ortho intramolecular Hbond substituents is 1. The number of hydrazine groups is 2. The molecule has 11 nitrogen and oxygen atoms in total. The van der Waals surface area contributed by atoms with Crippen molar-refractivity contribution in [3.8, 4) is 5.75 Å². The summed E-state index contributed by atoms with van der Waals surface area (Å²) in [6.45, 7) is 5.46. The van der Waals surface area contributed by atoms with Crippen LogP contribution in [0.2, 0.25) is 0 Å². The van der Waals surface area contributed by atoms with Gasteiger partial charge in [-0.1, -0.05) is 60.7 Å². The first-order valence-electron chi connectivity index (χ1n) is 14.1. The first-order valence-corrected chi connectivity index (χ1v) is 14.1. The van der Waals surface area contributed by atoms with Crippen LogP contribution in [-0.4, -0.2) is 81.9 Å². The quantitative estimate of drug-likeness (QED) is 0.311. The molecule has 0 bridgehead atoms. The van der Waals surface area contributed by atoms with Crippen molar-refractivity contribution in [1.29, 1.82) is 0 Å². The van der Waals surface area contributed by atoms with Gasteiger partial charge >= 0.3 is 6.09 Å². The summed E-state index contributed by atoms with van der Waals surface area (Å²) in [6.07, 6.45) is 0.954. The Morgan fingerprint density at radius 1 is 1.02 bits per heavy atom. The average Bonchev–Trinajstić information content (AvgIpc) is 3.00. The zero-order chi connectivity index (χ0) is 30.3. The Kier molecular flexibility index (Phi) is 9.35. The van der Waals surface area contributed by atoms with E-state index in [0.29, 0.717) is 18.8 Å². The maximum Gasteiger partial charge on any atom is 0.411 e. The standard InChI is InChI=1S/C32H36N6O5/c1-3-16-36-22-30(40)37-28(18-23-12-14-27(39)15-13-23)31(41)35(20-25-10-7-11-26(17-25)34-32(42)43-2)21-29(37)38(36)33-19-24-8-5-4-6-9-24/h3-15,17,28-29,33,39H,1,16,18-22H2,2H3,(H,34,42)/t28-,29-/m0/s1. The van der Waals surface area contributed by atoms with E-state index in [0.717, 1.165) is 16.7 Å². The van der Waals surface area contributed by atoms with Gasteiger partial charge in [0.15, 0.2) is 0 Å². The van der Waals surface area contributed by atoms with Gasteiger partial charge in [0.1, 0.15) is 18.0 Å². The lowest BCUT2D eigenvalue weighted by Gasteiger charge is -2.55. The number of benzene rings is 3. The number of hydrogen-bond donors (Lipinski definition) is 3. The summed E-state index contributed by atoms with van der Waals surface area (Å²) in [7, 11) is 1.30. The SMILES string of the molecule is C=CCN1CC(=O)N2[C@@H](Cc3ccc(O)cc3)C(=O)N(Cc3cccc(NC(=O)OC)c3)C[C@@H]2N1NCc1ccccc1. The van der Waals surface area contributed by atoms with Crippen molar-refractivity contribution in [2.75, 3.05) is 32.1 Å². The number of piperazine rings is 1. The Balaban J connectivity index is 1.47. The lowest BCUT2D eigenvalue weighted by molar-refractivity contribution is -0.217. The second-order valence-corrected chi connectivity index (χ2v) is 10.5. The molecule has 3 aromatic rings. The molecule has 0 aliphatic carbocycles. The predicted molar refractivity (Wildman–Crippen MR) is 161 cm³/mol. The zero-order valence-electron chi connectivity index (χ0n) is 24.1. The summed E-state index contributed by atoms with van der Waals surface area (Å²) in [6, 6.07) is 23.1. The number of nitrogens with one attached hydrogen (secondary N) is 2. The molecular weight excluding hydrogens is 548 g/mol. The Morgan fingerprint density at radius 2 is 1.77 bits per heavy atom. The summed E-state index contributed by atoms with van der Waals surface area (Å²) in [5.41, 5.74) is 6.77. The number of phenols is 1. The molecule has 3 aromatic carbocycles. The highest BCUT2D eigenvalue weighted by atomic mass is 16.5. The van der Waals surface area contributed by atoms with E-state index in [1.54, 1.807) is 58.3 Å². The number of nitrogens with zero attached hydrogens (tertiary/aromatic N) is 4. The van der Waals surface area contributed by atoms with Crippen molar-refractivity contribution in [2.45, 2.75) is 31.7 Å². The second-order valence-electron chi connectivity index (χ2n) is 10.5. The van der Waals surface area contributed by atoms with Crippen molar-refractivity contribution >= 4 is 23.6 Å². The van der Waals surface area contributed by atoms with Gasteiger partial charge in [0.2, 0.25) is 11.8 Å². The number of hydrogen-bond acceptors (Lipinski definition) is 8. The molecule has 0 radical (unpaired) electrons. The van der Waals surface area contributed by atoms with Crippen LogP contribution in [0.5, 0.6) is 5.75 Å². The summed E-state index contributed by atoms with van der Waals surface area (Å²) in [4.78, 5) is 43.1. The monoisotopic (exact) mass is 584 g/mol. The molecule has 3 N–H and O–H groups in total. The van der Waals surface area contributed by atoms with Crippen LogP contribution in [0.25, 0.3) is 0 Å². The highest BCUT2D eigenvalue weighted by molar-refractivity contribution is 5.90. The molecule has 5 rings (SSSR count). The third kappa shape index (κ3) is 7.03. The number of anilines is 1. The van der Waals surface area contributed by atoms with Crippen LogP contribution in [0, 0.1) is 0 Å². The molecule has 0 aromatic heterocycles. The summed E-state index contributed by atoms with van der Waals surface area (Å²) < 4.78 is 4.71. The molecule has 3 amide bonds. The maximum absolute atomic E-state index is 14.1. The number of rotatable bonds is 10. The predicted octanol–water partition coefficient (Wildman–Crippen LogP) is 3.10. The van der Waals surface area contributed by atoms with E-state index in [-0.39, 0.29) is 43.6 Å². The average molecular weight is 585 g/mol. The van der Waals surface area contributed by atoms with E-state index in [4.69, 9.17) is 4.74 Å².